The highest BCUT2D eigenvalue weighted by molar-refractivity contribution is 14.1. The van der Waals surface area contributed by atoms with Crippen molar-refractivity contribution >= 4 is 56.8 Å². The van der Waals surface area contributed by atoms with E-state index in [0.29, 0.717) is 7.14 Å². The second-order valence-electron chi connectivity index (χ2n) is 1.93. The van der Waals surface area contributed by atoms with Crippen LogP contribution in [-0.4, -0.2) is 4.98 Å². The standard InChI is InChI=1S/C6H2ClF2I2N/c7-5-3(11)1-2(10)4(12-5)6(8)9/h1,6H. The molecule has 1 rings (SSSR count). The topological polar surface area (TPSA) is 12.9 Å². The lowest BCUT2D eigenvalue weighted by Crippen LogP contribution is -1.96. The first kappa shape index (κ1) is 10.8. The van der Waals surface area contributed by atoms with Crippen LogP contribution in [0.1, 0.15) is 12.1 Å². The Hall–Kier alpha value is 0.760. The monoisotopic (exact) mass is 415 g/mol. The van der Waals surface area contributed by atoms with Crippen LogP contribution >= 0.6 is 56.8 Å². The maximum Gasteiger partial charge on any atom is 0.281 e. The number of aromatic nitrogens is 1. The van der Waals surface area contributed by atoms with E-state index < -0.39 is 6.43 Å². The van der Waals surface area contributed by atoms with Crippen LogP contribution in [-0.2, 0) is 0 Å². The summed E-state index contributed by atoms with van der Waals surface area (Å²) in [6, 6.07) is 1.58. The van der Waals surface area contributed by atoms with Crippen LogP contribution in [0.3, 0.4) is 0 Å². The van der Waals surface area contributed by atoms with Gasteiger partial charge in [-0.3, -0.25) is 0 Å². The lowest BCUT2D eigenvalue weighted by molar-refractivity contribution is 0.145. The van der Waals surface area contributed by atoms with E-state index >= 15 is 0 Å². The predicted octanol–water partition coefficient (Wildman–Crippen LogP) is 3.88. The zero-order chi connectivity index (χ0) is 9.30. The van der Waals surface area contributed by atoms with Gasteiger partial charge < -0.3 is 0 Å². The van der Waals surface area contributed by atoms with Crippen molar-refractivity contribution in [1.82, 2.24) is 4.98 Å². The summed E-state index contributed by atoms with van der Waals surface area (Å²) < 4.78 is 25.5. The molecule has 1 aromatic rings. The number of hydrogen-bond acceptors (Lipinski definition) is 1. The highest BCUT2D eigenvalue weighted by Gasteiger charge is 2.15. The third kappa shape index (κ3) is 2.38. The normalized spacial score (nSPS) is 10.8. The molecule has 0 bridgehead atoms. The molecule has 1 aromatic heterocycles. The summed E-state index contributed by atoms with van der Waals surface area (Å²) in [6.07, 6.45) is -2.56. The molecule has 0 N–H and O–H groups in total. The molecule has 1 nitrogen and oxygen atoms in total. The Morgan fingerprint density at radius 3 is 2.42 bits per heavy atom. The molecule has 12 heavy (non-hydrogen) atoms. The van der Waals surface area contributed by atoms with Gasteiger partial charge in [-0.2, -0.15) is 0 Å². The van der Waals surface area contributed by atoms with Gasteiger partial charge in [0.05, 0.1) is 3.57 Å². The van der Waals surface area contributed by atoms with Crippen LogP contribution in [0.4, 0.5) is 8.78 Å². The van der Waals surface area contributed by atoms with Gasteiger partial charge in [0, 0.05) is 3.57 Å². The van der Waals surface area contributed by atoms with E-state index in [2.05, 4.69) is 4.98 Å². The summed E-state index contributed by atoms with van der Waals surface area (Å²) in [7, 11) is 0. The van der Waals surface area contributed by atoms with E-state index in [1.54, 1.807) is 6.07 Å². The molecule has 0 aromatic carbocycles. The van der Waals surface area contributed by atoms with Gasteiger partial charge >= 0.3 is 0 Å². The molecule has 66 valence electrons. The highest BCUT2D eigenvalue weighted by Crippen LogP contribution is 2.27. The summed E-state index contributed by atoms with van der Waals surface area (Å²) in [5, 5.41) is 0.131. The third-order valence-corrected chi connectivity index (χ3v) is 3.41. The van der Waals surface area contributed by atoms with Crippen molar-refractivity contribution in [2.45, 2.75) is 6.43 Å². The zero-order valence-electron chi connectivity index (χ0n) is 5.49. The SMILES string of the molecule is FC(F)c1nc(Cl)c(I)cc1I. The van der Waals surface area contributed by atoms with E-state index in [1.165, 1.54) is 0 Å². The molecule has 0 amide bonds. The summed E-state index contributed by atoms with van der Waals surface area (Å²) in [4.78, 5) is 3.57. The third-order valence-electron chi connectivity index (χ3n) is 1.12. The molecule has 0 unspecified atom stereocenters. The molecule has 0 saturated heterocycles. The quantitative estimate of drug-likeness (QED) is 0.501. The van der Waals surface area contributed by atoms with Gasteiger partial charge in [-0.05, 0) is 51.2 Å². The first-order chi connectivity index (χ1) is 5.52. The van der Waals surface area contributed by atoms with Crippen LogP contribution in [0, 0.1) is 7.14 Å². The van der Waals surface area contributed by atoms with E-state index in [1.807, 2.05) is 45.2 Å². The molecule has 1 heterocycles. The minimum atomic E-state index is -2.56. The van der Waals surface area contributed by atoms with Crippen LogP contribution in [0.5, 0.6) is 0 Å². The Bertz CT molecular complexity index is 306. The van der Waals surface area contributed by atoms with E-state index in [-0.39, 0.29) is 10.8 Å². The molecular weight excluding hydrogens is 413 g/mol. The Balaban J connectivity index is 3.23. The second-order valence-corrected chi connectivity index (χ2v) is 4.61. The summed E-state index contributed by atoms with van der Waals surface area (Å²) in [5.74, 6) is 0. The minimum Gasteiger partial charge on any atom is -0.233 e. The van der Waals surface area contributed by atoms with Crippen molar-refractivity contribution in [2.75, 3.05) is 0 Å². The first-order valence-electron chi connectivity index (χ1n) is 2.82. The van der Waals surface area contributed by atoms with Crippen LogP contribution in [0.25, 0.3) is 0 Å². The van der Waals surface area contributed by atoms with Crippen LogP contribution in [0.15, 0.2) is 6.07 Å². The Morgan fingerprint density at radius 2 is 1.92 bits per heavy atom. The molecule has 0 radical (unpaired) electrons. The number of nitrogens with zero attached hydrogens (tertiary/aromatic N) is 1. The maximum absolute atomic E-state index is 12.2. The number of hydrogen-bond donors (Lipinski definition) is 0. The molecule has 0 aliphatic carbocycles. The number of alkyl halides is 2. The van der Waals surface area contributed by atoms with Crippen molar-refractivity contribution in [3.05, 3.63) is 24.1 Å². The van der Waals surface area contributed by atoms with E-state index in [0.717, 1.165) is 0 Å². The summed E-state index contributed by atoms with van der Waals surface area (Å²) in [5.41, 5.74) is -0.249. The predicted molar refractivity (Wildman–Crippen MR) is 59.6 cm³/mol. The fourth-order valence-corrected chi connectivity index (χ4v) is 2.45. The van der Waals surface area contributed by atoms with E-state index in [4.69, 9.17) is 11.6 Å². The molecule has 0 saturated carbocycles. The summed E-state index contributed by atoms with van der Waals surface area (Å²) in [6.45, 7) is 0. The van der Waals surface area contributed by atoms with Gasteiger partial charge in [0.1, 0.15) is 10.8 Å². The van der Waals surface area contributed by atoms with Gasteiger partial charge in [-0.15, -0.1) is 0 Å². The number of rotatable bonds is 1. The first-order valence-corrected chi connectivity index (χ1v) is 5.35. The van der Waals surface area contributed by atoms with Crippen molar-refractivity contribution in [2.24, 2.45) is 0 Å². The van der Waals surface area contributed by atoms with Gasteiger partial charge in [-0.25, -0.2) is 13.8 Å². The van der Waals surface area contributed by atoms with Gasteiger partial charge in [-0.1, -0.05) is 11.6 Å². The van der Waals surface area contributed by atoms with Crippen molar-refractivity contribution in [1.29, 1.82) is 0 Å². The maximum atomic E-state index is 12.2. The fraction of sp³-hybridized carbons (Fsp3) is 0.167. The highest BCUT2D eigenvalue weighted by atomic mass is 127. The Kier molecular flexibility index (Phi) is 3.90. The largest absolute Gasteiger partial charge is 0.281 e. The zero-order valence-corrected chi connectivity index (χ0v) is 10.6. The lowest BCUT2D eigenvalue weighted by Gasteiger charge is -2.03. The van der Waals surface area contributed by atoms with Crippen LogP contribution < -0.4 is 0 Å². The molecule has 0 atom stereocenters. The molecule has 6 heteroatoms. The minimum absolute atomic E-state index is 0.131. The second kappa shape index (κ2) is 4.32. The van der Waals surface area contributed by atoms with Gasteiger partial charge in [0.2, 0.25) is 0 Å². The number of halogens is 5. The summed E-state index contributed by atoms with van der Waals surface area (Å²) >= 11 is 9.33. The molecule has 0 spiro atoms. The Labute approximate surface area is 100 Å². The van der Waals surface area contributed by atoms with Gasteiger partial charge in [0.25, 0.3) is 6.43 Å². The smallest absolute Gasteiger partial charge is 0.233 e. The molecule has 0 fully saturated rings. The van der Waals surface area contributed by atoms with Crippen molar-refractivity contribution in [3.8, 4) is 0 Å². The van der Waals surface area contributed by atoms with Crippen LogP contribution in [0.2, 0.25) is 5.15 Å². The van der Waals surface area contributed by atoms with Gasteiger partial charge in [0.15, 0.2) is 0 Å². The molecule has 0 aliphatic heterocycles. The Morgan fingerprint density at radius 1 is 1.33 bits per heavy atom. The number of pyridine rings is 1. The molecule has 0 aliphatic rings. The molecular formula is C6H2ClF2I2N. The fourth-order valence-electron chi connectivity index (χ4n) is 0.610. The average molecular weight is 415 g/mol. The van der Waals surface area contributed by atoms with E-state index in [9.17, 15) is 8.78 Å². The lowest BCUT2D eigenvalue weighted by atomic mass is 10.4. The average Bonchev–Trinajstić information content (AvgIpc) is 1.96. The van der Waals surface area contributed by atoms with Crippen molar-refractivity contribution in [3.63, 3.8) is 0 Å². The van der Waals surface area contributed by atoms with Crippen molar-refractivity contribution < 1.29 is 8.78 Å².